The molecule has 3 unspecified atom stereocenters. The molecule has 2 rings (SSSR count). The number of hydrogen-bond acceptors (Lipinski definition) is 8. The summed E-state index contributed by atoms with van der Waals surface area (Å²) in [6.07, 6.45) is -5.19. The molecular formula is C16H23NO7S. The Morgan fingerprint density at radius 2 is 1.92 bits per heavy atom. The van der Waals surface area contributed by atoms with Crippen molar-refractivity contribution in [2.45, 2.75) is 50.5 Å². The van der Waals surface area contributed by atoms with Crippen molar-refractivity contribution >= 4 is 18.1 Å². The Labute approximate surface area is 150 Å². The van der Waals surface area contributed by atoms with Crippen LogP contribution in [0.3, 0.4) is 0 Å². The van der Waals surface area contributed by atoms with E-state index >= 15 is 0 Å². The molecule has 9 heteroatoms. The number of hydrogen-bond donors (Lipinski definition) is 4. The second kappa shape index (κ2) is 9.95. The molecule has 0 saturated carbocycles. The van der Waals surface area contributed by atoms with Gasteiger partial charge in [0.2, 0.25) is 12.2 Å². The van der Waals surface area contributed by atoms with Gasteiger partial charge in [0, 0.05) is 6.42 Å². The molecule has 0 spiro atoms. The van der Waals surface area contributed by atoms with E-state index in [1.54, 1.807) is 24.3 Å². The Balaban J connectivity index is 1.86. The van der Waals surface area contributed by atoms with Gasteiger partial charge < -0.3 is 24.8 Å². The standard InChI is InChI=1S/C16H23NO7S/c1-2-6-12(18)17-25-22-9-11-13(19)14(20)15(21)16(24-11)23-10-7-4-3-5-8-10/h3-5,7-8,11,13-16,19-21H,2,6,9H2,1H3,(H,17,18)/t11?,13-,14?,15?,16+/m1/s1. The van der Waals surface area contributed by atoms with Gasteiger partial charge in [-0.2, -0.15) is 0 Å². The number of aliphatic hydroxyl groups excluding tert-OH is 3. The van der Waals surface area contributed by atoms with Crippen LogP contribution in [0.15, 0.2) is 30.3 Å². The van der Waals surface area contributed by atoms with Crippen LogP contribution in [0.1, 0.15) is 19.8 Å². The minimum atomic E-state index is -1.45. The normalized spacial score (nSPS) is 29.2. The first kappa shape index (κ1) is 20.0. The van der Waals surface area contributed by atoms with Gasteiger partial charge in [0.05, 0.1) is 6.61 Å². The number of carbonyl (C=O) groups excluding carboxylic acids is 1. The van der Waals surface area contributed by atoms with E-state index in [2.05, 4.69) is 4.72 Å². The fourth-order valence-corrected chi connectivity index (χ4v) is 2.70. The minimum Gasteiger partial charge on any atom is -0.462 e. The smallest absolute Gasteiger partial charge is 0.231 e. The van der Waals surface area contributed by atoms with E-state index in [4.69, 9.17) is 13.7 Å². The lowest BCUT2D eigenvalue weighted by atomic mass is 9.99. The predicted molar refractivity (Wildman–Crippen MR) is 90.3 cm³/mol. The number of aliphatic hydroxyl groups is 3. The van der Waals surface area contributed by atoms with Gasteiger partial charge >= 0.3 is 0 Å². The van der Waals surface area contributed by atoms with Gasteiger partial charge in [0.1, 0.15) is 42.4 Å². The van der Waals surface area contributed by atoms with Crippen molar-refractivity contribution in [3.63, 3.8) is 0 Å². The summed E-state index contributed by atoms with van der Waals surface area (Å²) < 4.78 is 18.7. The molecule has 8 nitrogen and oxygen atoms in total. The van der Waals surface area contributed by atoms with Gasteiger partial charge in [-0.05, 0) is 18.6 Å². The molecule has 1 aromatic carbocycles. The molecule has 0 aromatic heterocycles. The average Bonchev–Trinajstić information content (AvgIpc) is 2.61. The van der Waals surface area contributed by atoms with Crippen LogP contribution >= 0.6 is 12.2 Å². The molecule has 0 radical (unpaired) electrons. The van der Waals surface area contributed by atoms with E-state index in [9.17, 15) is 20.1 Å². The SMILES string of the molecule is CCCC(=O)NSOCC1O[C@H](Oc2ccccc2)C(O)C(O)[C@@H]1O. The molecule has 140 valence electrons. The molecule has 5 atom stereocenters. The molecule has 25 heavy (non-hydrogen) atoms. The van der Waals surface area contributed by atoms with Crippen molar-refractivity contribution in [1.29, 1.82) is 0 Å². The molecule has 1 aliphatic heterocycles. The molecule has 0 aliphatic carbocycles. The Morgan fingerprint density at radius 1 is 1.20 bits per heavy atom. The summed E-state index contributed by atoms with van der Waals surface area (Å²) in [5, 5.41) is 30.0. The second-order valence-electron chi connectivity index (χ2n) is 5.59. The van der Waals surface area contributed by atoms with Crippen molar-refractivity contribution in [1.82, 2.24) is 4.72 Å². The van der Waals surface area contributed by atoms with E-state index in [0.717, 1.165) is 18.6 Å². The Morgan fingerprint density at radius 3 is 2.60 bits per heavy atom. The van der Waals surface area contributed by atoms with E-state index in [0.29, 0.717) is 12.2 Å². The van der Waals surface area contributed by atoms with E-state index in [1.165, 1.54) is 0 Å². The van der Waals surface area contributed by atoms with Crippen molar-refractivity contribution in [2.24, 2.45) is 0 Å². The average molecular weight is 373 g/mol. The highest BCUT2D eigenvalue weighted by molar-refractivity contribution is 7.93. The summed E-state index contributed by atoms with van der Waals surface area (Å²) in [5.74, 6) is 0.286. The lowest BCUT2D eigenvalue weighted by Crippen LogP contribution is -2.60. The van der Waals surface area contributed by atoms with Crippen molar-refractivity contribution < 1.29 is 33.8 Å². The fourth-order valence-electron chi connectivity index (χ4n) is 2.24. The lowest BCUT2D eigenvalue weighted by molar-refractivity contribution is -0.275. The van der Waals surface area contributed by atoms with E-state index < -0.39 is 30.7 Å². The molecular weight excluding hydrogens is 350 g/mol. The molecule has 1 fully saturated rings. The number of rotatable bonds is 8. The molecule has 1 amide bonds. The molecule has 1 heterocycles. The zero-order chi connectivity index (χ0) is 18.2. The summed E-state index contributed by atoms with van der Waals surface area (Å²) >= 11 is 0.729. The van der Waals surface area contributed by atoms with Crippen LogP contribution in [-0.4, -0.2) is 58.5 Å². The third-order valence-corrected chi connectivity index (χ3v) is 4.15. The first-order chi connectivity index (χ1) is 12.0. The summed E-state index contributed by atoms with van der Waals surface area (Å²) in [6.45, 7) is 1.77. The van der Waals surface area contributed by atoms with E-state index in [-0.39, 0.29) is 12.5 Å². The van der Waals surface area contributed by atoms with Crippen LogP contribution in [0.4, 0.5) is 0 Å². The minimum absolute atomic E-state index is 0.114. The van der Waals surface area contributed by atoms with Crippen LogP contribution in [0.2, 0.25) is 0 Å². The van der Waals surface area contributed by atoms with Gasteiger partial charge in [-0.3, -0.25) is 13.7 Å². The highest BCUT2D eigenvalue weighted by Crippen LogP contribution is 2.25. The van der Waals surface area contributed by atoms with Gasteiger partial charge in [0.25, 0.3) is 0 Å². The van der Waals surface area contributed by atoms with Crippen LogP contribution in [0.5, 0.6) is 5.75 Å². The number of ether oxygens (including phenoxy) is 2. The second-order valence-corrected chi connectivity index (χ2v) is 6.20. The quantitative estimate of drug-likeness (QED) is 0.293. The summed E-state index contributed by atoms with van der Waals surface area (Å²) in [5.41, 5.74) is 0. The van der Waals surface area contributed by atoms with E-state index in [1.807, 2.05) is 13.0 Å². The Hall–Kier alpha value is -1.36. The summed E-state index contributed by atoms with van der Waals surface area (Å²) in [7, 11) is 0. The number of para-hydroxylation sites is 1. The molecule has 0 bridgehead atoms. The lowest BCUT2D eigenvalue weighted by Gasteiger charge is -2.39. The third kappa shape index (κ3) is 5.84. The largest absolute Gasteiger partial charge is 0.462 e. The molecule has 1 aromatic rings. The van der Waals surface area contributed by atoms with Crippen LogP contribution in [-0.2, 0) is 13.7 Å². The van der Waals surface area contributed by atoms with Gasteiger partial charge in [-0.25, -0.2) is 0 Å². The highest BCUT2D eigenvalue weighted by atomic mass is 32.2. The predicted octanol–water partition coefficient (Wildman–Crippen LogP) is 0.369. The first-order valence-corrected chi connectivity index (χ1v) is 8.75. The Bertz CT molecular complexity index is 532. The molecule has 1 aliphatic rings. The van der Waals surface area contributed by atoms with Gasteiger partial charge in [0.15, 0.2) is 0 Å². The summed E-state index contributed by atoms with van der Waals surface area (Å²) in [6, 6.07) is 8.68. The zero-order valence-corrected chi connectivity index (χ0v) is 14.6. The number of nitrogens with one attached hydrogen (secondary N) is 1. The summed E-state index contributed by atoms with van der Waals surface area (Å²) in [4.78, 5) is 11.3. The van der Waals surface area contributed by atoms with Crippen LogP contribution in [0.25, 0.3) is 0 Å². The number of amides is 1. The highest BCUT2D eigenvalue weighted by Gasteiger charge is 2.45. The third-order valence-electron chi connectivity index (χ3n) is 3.59. The molecule has 4 N–H and O–H groups in total. The number of benzene rings is 1. The van der Waals surface area contributed by atoms with Crippen LogP contribution in [0, 0.1) is 0 Å². The molecule has 1 saturated heterocycles. The Kier molecular flexibility index (Phi) is 7.94. The maximum atomic E-state index is 11.3. The number of carbonyl (C=O) groups is 1. The monoisotopic (exact) mass is 373 g/mol. The van der Waals surface area contributed by atoms with Crippen molar-refractivity contribution in [3.05, 3.63) is 30.3 Å². The maximum Gasteiger partial charge on any atom is 0.231 e. The zero-order valence-electron chi connectivity index (χ0n) is 13.8. The topological polar surface area (TPSA) is 117 Å². The maximum absolute atomic E-state index is 11.3. The first-order valence-electron chi connectivity index (χ1n) is 8.01. The van der Waals surface area contributed by atoms with Gasteiger partial charge in [-0.15, -0.1) is 0 Å². The van der Waals surface area contributed by atoms with Gasteiger partial charge in [-0.1, -0.05) is 25.1 Å². The van der Waals surface area contributed by atoms with Crippen molar-refractivity contribution in [3.8, 4) is 5.75 Å². The van der Waals surface area contributed by atoms with Crippen LogP contribution < -0.4 is 9.46 Å². The fraction of sp³-hybridized carbons (Fsp3) is 0.562. The van der Waals surface area contributed by atoms with Crippen molar-refractivity contribution in [2.75, 3.05) is 6.61 Å².